The molecule has 0 saturated carbocycles. The maximum Gasteiger partial charge on any atom is 0.407 e. The van der Waals surface area contributed by atoms with E-state index in [9.17, 15) is 4.79 Å². The summed E-state index contributed by atoms with van der Waals surface area (Å²) < 4.78 is 12.0. The van der Waals surface area contributed by atoms with E-state index in [4.69, 9.17) is 9.47 Å². The van der Waals surface area contributed by atoms with Gasteiger partial charge in [-0.1, -0.05) is 44.9 Å². The molecule has 1 aliphatic heterocycles. The van der Waals surface area contributed by atoms with E-state index in [-0.39, 0.29) is 23.5 Å². The Morgan fingerprint density at radius 2 is 2.26 bits per heavy atom. The number of unbranched alkanes of at least 4 members (excludes halogenated alkanes) is 1. The van der Waals surface area contributed by atoms with E-state index in [2.05, 4.69) is 50.1 Å². The minimum atomic E-state index is -0.325. The molecule has 148 valence electrons. The summed E-state index contributed by atoms with van der Waals surface area (Å²) in [6.45, 7) is 10.4. The molecule has 1 fully saturated rings. The van der Waals surface area contributed by atoms with Crippen molar-refractivity contribution in [3.63, 3.8) is 0 Å². The number of carbonyl (C=O) groups is 1. The molecule has 1 amide bonds. The van der Waals surface area contributed by atoms with Gasteiger partial charge in [-0.25, -0.2) is 4.79 Å². The topological polar surface area (TPSA) is 60.5 Å². The summed E-state index contributed by atoms with van der Waals surface area (Å²) in [6.07, 6.45) is 7.72. The lowest BCUT2D eigenvalue weighted by Gasteiger charge is -2.55. The number of aromatic nitrogens is 1. The number of allylic oxidation sites excluding steroid dienone is 1. The fourth-order valence-corrected chi connectivity index (χ4v) is 4.72. The summed E-state index contributed by atoms with van der Waals surface area (Å²) in [4.78, 5) is 16.3. The van der Waals surface area contributed by atoms with Crippen molar-refractivity contribution in [2.45, 2.75) is 46.6 Å². The Kier molecular flexibility index (Phi) is 6.20. The highest BCUT2D eigenvalue weighted by Gasteiger charge is 2.54. The van der Waals surface area contributed by atoms with Crippen LogP contribution in [0.2, 0.25) is 0 Å². The summed E-state index contributed by atoms with van der Waals surface area (Å²) in [5, 5.41) is 2.84. The van der Waals surface area contributed by atoms with Crippen LogP contribution in [0.15, 0.2) is 36.2 Å². The normalized spacial score (nSPS) is 32.5. The zero-order valence-corrected chi connectivity index (χ0v) is 16.9. The number of ether oxygens (including phenoxy) is 2. The van der Waals surface area contributed by atoms with Crippen molar-refractivity contribution in [3.8, 4) is 0 Å². The van der Waals surface area contributed by atoms with Gasteiger partial charge < -0.3 is 14.8 Å². The van der Waals surface area contributed by atoms with E-state index < -0.39 is 0 Å². The third-order valence-electron chi connectivity index (χ3n) is 6.53. The Morgan fingerprint density at radius 3 is 2.96 bits per heavy atom. The number of carbonyl (C=O) groups excluding carboxylic acids is 1. The fourth-order valence-electron chi connectivity index (χ4n) is 4.72. The zero-order chi connectivity index (χ0) is 19.4. The summed E-state index contributed by atoms with van der Waals surface area (Å²) in [7, 11) is 0. The van der Waals surface area contributed by atoms with E-state index in [0.717, 1.165) is 18.4 Å². The molecule has 2 aliphatic rings. The molecule has 0 radical (unpaired) electrons. The summed E-state index contributed by atoms with van der Waals surface area (Å²) >= 11 is 0. The van der Waals surface area contributed by atoms with Crippen molar-refractivity contribution >= 4 is 6.09 Å². The molecular formula is C22H32N2O3. The second-order valence-electron chi connectivity index (χ2n) is 8.12. The molecule has 1 aromatic heterocycles. The lowest BCUT2D eigenvalue weighted by Crippen LogP contribution is -2.54. The Morgan fingerprint density at radius 1 is 1.44 bits per heavy atom. The first-order valence-electron chi connectivity index (χ1n) is 10.1. The van der Waals surface area contributed by atoms with Crippen LogP contribution in [0.3, 0.4) is 0 Å². The van der Waals surface area contributed by atoms with Crippen LogP contribution in [0, 0.1) is 23.2 Å². The van der Waals surface area contributed by atoms with E-state index in [0.29, 0.717) is 31.6 Å². The van der Waals surface area contributed by atoms with Crippen molar-refractivity contribution in [1.82, 2.24) is 10.3 Å². The highest BCUT2D eigenvalue weighted by Crippen LogP contribution is 2.56. The monoisotopic (exact) mass is 372 g/mol. The fraction of sp³-hybridized carbons (Fsp3) is 0.636. The number of nitrogens with zero attached hydrogens (tertiary/aromatic N) is 1. The largest absolute Gasteiger partial charge is 0.449 e. The van der Waals surface area contributed by atoms with E-state index in [1.54, 1.807) is 6.20 Å². The van der Waals surface area contributed by atoms with E-state index >= 15 is 0 Å². The van der Waals surface area contributed by atoms with Gasteiger partial charge in [-0.15, -0.1) is 0 Å². The third kappa shape index (κ3) is 3.88. The minimum Gasteiger partial charge on any atom is -0.449 e. The van der Waals surface area contributed by atoms with Crippen LogP contribution in [0.1, 0.15) is 52.2 Å². The number of amides is 1. The summed E-state index contributed by atoms with van der Waals surface area (Å²) in [5.41, 5.74) is 2.28. The second kappa shape index (κ2) is 8.42. The van der Waals surface area contributed by atoms with Crippen molar-refractivity contribution in [3.05, 3.63) is 41.7 Å². The van der Waals surface area contributed by atoms with Gasteiger partial charge in [0.25, 0.3) is 0 Å². The molecule has 3 rings (SSSR count). The smallest absolute Gasteiger partial charge is 0.407 e. The standard InChI is InChI=1S/C22H32N2O3/c1-5-6-10-24-21(25)27-14-22-13-26-20(18-8-7-9-23-12-18)19(17(22)4)15(2)11-16(22)3/h7-9,11-12,16-17,19-20H,5-6,10,13-14H2,1-4H3,(H,24,25)/t16-,17+,19-,20-,22+/m0/s1. The molecule has 27 heavy (non-hydrogen) atoms. The number of nitrogens with one attached hydrogen (secondary N) is 1. The Bertz CT molecular complexity index is 675. The van der Waals surface area contributed by atoms with Gasteiger partial charge in [0.1, 0.15) is 6.61 Å². The van der Waals surface area contributed by atoms with Gasteiger partial charge in [0.2, 0.25) is 0 Å². The van der Waals surface area contributed by atoms with Crippen LogP contribution < -0.4 is 5.32 Å². The average Bonchev–Trinajstić information content (AvgIpc) is 2.66. The first kappa shape index (κ1) is 19.9. The predicted molar refractivity (Wildman–Crippen MR) is 105 cm³/mol. The molecule has 1 aliphatic carbocycles. The van der Waals surface area contributed by atoms with Crippen LogP contribution in [0.25, 0.3) is 0 Å². The first-order chi connectivity index (χ1) is 13.0. The summed E-state index contributed by atoms with van der Waals surface area (Å²) in [5.74, 6) is 0.910. The van der Waals surface area contributed by atoms with Crippen molar-refractivity contribution in [1.29, 1.82) is 0 Å². The molecule has 5 atom stereocenters. The Labute approximate surface area is 162 Å². The molecule has 5 nitrogen and oxygen atoms in total. The number of hydrogen-bond donors (Lipinski definition) is 1. The quantitative estimate of drug-likeness (QED) is 0.589. The van der Waals surface area contributed by atoms with Gasteiger partial charge in [-0.3, -0.25) is 4.98 Å². The molecule has 0 spiro atoms. The van der Waals surface area contributed by atoms with Crippen molar-refractivity contribution < 1.29 is 14.3 Å². The molecule has 2 heterocycles. The van der Waals surface area contributed by atoms with Gasteiger partial charge in [-0.2, -0.15) is 0 Å². The van der Waals surface area contributed by atoms with Gasteiger partial charge in [0, 0.05) is 30.3 Å². The lowest BCUT2D eigenvalue weighted by atomic mass is 9.56. The van der Waals surface area contributed by atoms with Crippen LogP contribution in [0.5, 0.6) is 0 Å². The lowest BCUT2D eigenvalue weighted by molar-refractivity contribution is -0.165. The van der Waals surface area contributed by atoms with Crippen molar-refractivity contribution in [2.24, 2.45) is 23.2 Å². The minimum absolute atomic E-state index is 0.00366. The van der Waals surface area contributed by atoms with E-state index in [1.165, 1.54) is 5.57 Å². The average molecular weight is 373 g/mol. The molecule has 2 bridgehead atoms. The van der Waals surface area contributed by atoms with Gasteiger partial charge in [0.05, 0.1) is 12.7 Å². The Balaban J connectivity index is 1.76. The van der Waals surface area contributed by atoms with Crippen LogP contribution in [-0.4, -0.2) is 30.8 Å². The molecule has 0 aromatic carbocycles. The Hall–Kier alpha value is -1.88. The maximum absolute atomic E-state index is 12.1. The molecular weight excluding hydrogens is 340 g/mol. The predicted octanol–water partition coefficient (Wildman–Crippen LogP) is 4.51. The summed E-state index contributed by atoms with van der Waals surface area (Å²) in [6, 6.07) is 4.04. The van der Waals surface area contributed by atoms with Crippen LogP contribution >= 0.6 is 0 Å². The second-order valence-corrected chi connectivity index (χ2v) is 8.12. The van der Waals surface area contributed by atoms with Gasteiger partial charge in [-0.05, 0) is 36.8 Å². The number of fused-ring (bicyclic) bond motifs is 2. The number of pyridine rings is 1. The molecule has 0 unspecified atom stereocenters. The zero-order valence-electron chi connectivity index (χ0n) is 16.9. The number of hydrogen-bond acceptors (Lipinski definition) is 4. The molecule has 1 saturated heterocycles. The molecule has 1 N–H and O–H groups in total. The molecule has 5 heteroatoms. The van der Waals surface area contributed by atoms with Gasteiger partial charge in [0.15, 0.2) is 0 Å². The highest BCUT2D eigenvalue weighted by atomic mass is 16.6. The third-order valence-corrected chi connectivity index (χ3v) is 6.53. The number of alkyl carbamates (subject to hydrolysis) is 1. The van der Waals surface area contributed by atoms with Crippen LogP contribution in [-0.2, 0) is 9.47 Å². The highest BCUT2D eigenvalue weighted by molar-refractivity contribution is 5.67. The van der Waals surface area contributed by atoms with Crippen LogP contribution in [0.4, 0.5) is 4.79 Å². The number of rotatable bonds is 6. The van der Waals surface area contributed by atoms with E-state index in [1.807, 2.05) is 12.3 Å². The first-order valence-corrected chi connectivity index (χ1v) is 10.1. The van der Waals surface area contributed by atoms with Crippen molar-refractivity contribution in [2.75, 3.05) is 19.8 Å². The SMILES string of the molecule is CCCCNC(=O)OC[C@]12CO[C@@H](c3cccnc3)[C@@H](C(C)=C[C@@H]1C)[C@H]2C. The maximum atomic E-state index is 12.1. The van der Waals surface area contributed by atoms with Gasteiger partial charge >= 0.3 is 6.09 Å². The molecule has 1 aromatic rings.